The minimum absolute atomic E-state index is 0.0694. The van der Waals surface area contributed by atoms with E-state index in [0.717, 1.165) is 12.8 Å². The minimum Gasteiger partial charge on any atom is -0.354 e. The second-order valence-corrected chi connectivity index (χ2v) is 6.39. The van der Waals surface area contributed by atoms with Gasteiger partial charge in [-0.3, -0.25) is 9.59 Å². The van der Waals surface area contributed by atoms with Crippen LogP contribution >= 0.6 is 11.6 Å². The predicted octanol–water partition coefficient (Wildman–Crippen LogP) is 3.60. The summed E-state index contributed by atoms with van der Waals surface area (Å²) in [5.41, 5.74) is 1.68. The molecular weight excluding hydrogens is 336 g/mol. The summed E-state index contributed by atoms with van der Waals surface area (Å²) in [5.74, 6) is -0.337. The maximum atomic E-state index is 12.0. The standard InChI is InChI=1S/C20H23ClN2O2/c1-15(11-12-16-7-3-2-4-8-16)23-19(24)13-14-22-20(25)17-9-5-6-10-18(17)21/h2-10,15H,11-14H2,1H3,(H,22,25)(H,23,24)/t15-/m1/s1. The third kappa shape index (κ3) is 6.59. The largest absolute Gasteiger partial charge is 0.354 e. The van der Waals surface area contributed by atoms with E-state index in [1.807, 2.05) is 25.1 Å². The van der Waals surface area contributed by atoms with Gasteiger partial charge in [0.05, 0.1) is 10.6 Å². The highest BCUT2D eigenvalue weighted by atomic mass is 35.5. The first-order chi connectivity index (χ1) is 12.1. The average Bonchev–Trinajstić information content (AvgIpc) is 2.61. The van der Waals surface area contributed by atoms with Crippen molar-refractivity contribution in [2.24, 2.45) is 0 Å². The molecule has 0 spiro atoms. The van der Waals surface area contributed by atoms with Crippen molar-refractivity contribution < 1.29 is 9.59 Å². The van der Waals surface area contributed by atoms with Crippen molar-refractivity contribution in [2.45, 2.75) is 32.2 Å². The van der Waals surface area contributed by atoms with E-state index in [2.05, 4.69) is 22.8 Å². The smallest absolute Gasteiger partial charge is 0.252 e. The fourth-order valence-corrected chi connectivity index (χ4v) is 2.70. The van der Waals surface area contributed by atoms with Gasteiger partial charge in [-0.2, -0.15) is 0 Å². The molecule has 2 aromatic carbocycles. The molecule has 0 aliphatic heterocycles. The Labute approximate surface area is 153 Å². The first-order valence-electron chi connectivity index (χ1n) is 8.42. The minimum atomic E-state index is -0.268. The molecule has 0 radical (unpaired) electrons. The van der Waals surface area contributed by atoms with Crippen molar-refractivity contribution in [3.05, 3.63) is 70.7 Å². The lowest BCUT2D eigenvalue weighted by Gasteiger charge is -2.14. The Morgan fingerprint density at radius 1 is 1.04 bits per heavy atom. The molecule has 0 saturated carbocycles. The third-order valence-electron chi connectivity index (χ3n) is 3.87. The van der Waals surface area contributed by atoms with Crippen LogP contribution in [0.2, 0.25) is 5.02 Å². The molecule has 25 heavy (non-hydrogen) atoms. The Balaban J connectivity index is 1.66. The lowest BCUT2D eigenvalue weighted by molar-refractivity contribution is -0.121. The van der Waals surface area contributed by atoms with E-state index in [-0.39, 0.29) is 30.8 Å². The first kappa shape index (κ1) is 19.0. The number of hydrogen-bond acceptors (Lipinski definition) is 2. The van der Waals surface area contributed by atoms with Gasteiger partial charge in [0, 0.05) is 19.0 Å². The molecule has 0 saturated heterocycles. The number of rotatable bonds is 8. The van der Waals surface area contributed by atoms with Gasteiger partial charge in [-0.25, -0.2) is 0 Å². The molecule has 0 fully saturated rings. The fraction of sp³-hybridized carbons (Fsp3) is 0.300. The van der Waals surface area contributed by atoms with Crippen molar-refractivity contribution in [2.75, 3.05) is 6.54 Å². The summed E-state index contributed by atoms with van der Waals surface area (Å²) in [6.07, 6.45) is 2.04. The average molecular weight is 359 g/mol. The van der Waals surface area contributed by atoms with Gasteiger partial charge in [0.25, 0.3) is 5.91 Å². The highest BCUT2D eigenvalue weighted by Gasteiger charge is 2.11. The molecule has 0 unspecified atom stereocenters. The number of amides is 2. The molecule has 5 heteroatoms. The van der Waals surface area contributed by atoms with E-state index >= 15 is 0 Å². The van der Waals surface area contributed by atoms with Crippen LogP contribution in [0.4, 0.5) is 0 Å². The monoisotopic (exact) mass is 358 g/mol. The summed E-state index contributed by atoms with van der Waals surface area (Å²) in [4.78, 5) is 24.0. The fourth-order valence-electron chi connectivity index (χ4n) is 2.48. The van der Waals surface area contributed by atoms with Gasteiger partial charge < -0.3 is 10.6 Å². The van der Waals surface area contributed by atoms with Crippen LogP contribution in [0.3, 0.4) is 0 Å². The first-order valence-corrected chi connectivity index (χ1v) is 8.80. The number of halogens is 1. The van der Waals surface area contributed by atoms with Gasteiger partial charge in [0.15, 0.2) is 0 Å². The van der Waals surface area contributed by atoms with Crippen molar-refractivity contribution >= 4 is 23.4 Å². The molecule has 2 amide bonds. The van der Waals surface area contributed by atoms with Crippen LogP contribution in [0.1, 0.15) is 35.7 Å². The number of carbonyl (C=O) groups excluding carboxylic acids is 2. The third-order valence-corrected chi connectivity index (χ3v) is 4.20. The van der Waals surface area contributed by atoms with E-state index < -0.39 is 0 Å². The van der Waals surface area contributed by atoms with Crippen molar-refractivity contribution in [1.82, 2.24) is 10.6 Å². The molecule has 2 N–H and O–H groups in total. The molecule has 4 nitrogen and oxygen atoms in total. The second-order valence-electron chi connectivity index (χ2n) is 5.98. The molecular formula is C20H23ClN2O2. The molecule has 1 atom stereocenters. The van der Waals surface area contributed by atoms with Crippen LogP contribution in [0.25, 0.3) is 0 Å². The van der Waals surface area contributed by atoms with Crippen LogP contribution in [-0.2, 0) is 11.2 Å². The molecule has 2 rings (SSSR count). The van der Waals surface area contributed by atoms with Gasteiger partial charge in [-0.05, 0) is 37.5 Å². The Morgan fingerprint density at radius 2 is 1.72 bits per heavy atom. The molecule has 2 aromatic rings. The van der Waals surface area contributed by atoms with Crippen LogP contribution in [0.5, 0.6) is 0 Å². The summed E-state index contributed by atoms with van der Waals surface area (Å²) in [5, 5.41) is 6.08. The van der Waals surface area contributed by atoms with Gasteiger partial charge in [0.2, 0.25) is 5.91 Å². The van der Waals surface area contributed by atoms with E-state index in [1.165, 1.54) is 5.56 Å². The zero-order valence-electron chi connectivity index (χ0n) is 14.3. The lowest BCUT2D eigenvalue weighted by Crippen LogP contribution is -2.35. The maximum Gasteiger partial charge on any atom is 0.252 e. The van der Waals surface area contributed by atoms with E-state index in [0.29, 0.717) is 10.6 Å². The van der Waals surface area contributed by atoms with Gasteiger partial charge >= 0.3 is 0 Å². The quantitative estimate of drug-likeness (QED) is 0.757. The number of aryl methyl sites for hydroxylation is 1. The SMILES string of the molecule is C[C@H](CCc1ccccc1)NC(=O)CCNC(=O)c1ccccc1Cl. The Bertz CT molecular complexity index is 704. The zero-order chi connectivity index (χ0) is 18.1. The van der Waals surface area contributed by atoms with Crippen molar-refractivity contribution in [1.29, 1.82) is 0 Å². The normalized spacial score (nSPS) is 11.6. The summed E-state index contributed by atoms with van der Waals surface area (Å²) in [6, 6.07) is 17.1. The molecule has 0 heterocycles. The summed E-state index contributed by atoms with van der Waals surface area (Å²) in [7, 11) is 0. The van der Waals surface area contributed by atoms with Gasteiger partial charge in [-0.15, -0.1) is 0 Å². The second kappa shape index (κ2) is 9.84. The highest BCUT2D eigenvalue weighted by Crippen LogP contribution is 2.14. The number of carbonyl (C=O) groups is 2. The summed E-state index contributed by atoms with van der Waals surface area (Å²) in [6.45, 7) is 2.27. The van der Waals surface area contributed by atoms with Crippen molar-refractivity contribution in [3.63, 3.8) is 0 Å². The van der Waals surface area contributed by atoms with E-state index in [1.54, 1.807) is 24.3 Å². The zero-order valence-corrected chi connectivity index (χ0v) is 15.1. The topological polar surface area (TPSA) is 58.2 Å². The summed E-state index contributed by atoms with van der Waals surface area (Å²) >= 11 is 5.97. The van der Waals surface area contributed by atoms with Crippen LogP contribution in [-0.4, -0.2) is 24.4 Å². The summed E-state index contributed by atoms with van der Waals surface area (Å²) < 4.78 is 0. The van der Waals surface area contributed by atoms with Crippen LogP contribution < -0.4 is 10.6 Å². The molecule has 132 valence electrons. The van der Waals surface area contributed by atoms with Gasteiger partial charge in [0.1, 0.15) is 0 Å². The number of hydrogen-bond donors (Lipinski definition) is 2. The van der Waals surface area contributed by atoms with Crippen molar-refractivity contribution in [3.8, 4) is 0 Å². The van der Waals surface area contributed by atoms with Crippen LogP contribution in [0.15, 0.2) is 54.6 Å². The number of nitrogens with one attached hydrogen (secondary N) is 2. The Kier molecular flexibility index (Phi) is 7.48. The lowest BCUT2D eigenvalue weighted by atomic mass is 10.1. The highest BCUT2D eigenvalue weighted by molar-refractivity contribution is 6.33. The van der Waals surface area contributed by atoms with Gasteiger partial charge in [-0.1, -0.05) is 54.1 Å². The molecule has 0 aliphatic rings. The molecule has 0 aromatic heterocycles. The maximum absolute atomic E-state index is 12.0. The molecule has 0 aliphatic carbocycles. The Hall–Kier alpha value is -2.33. The number of benzene rings is 2. The van der Waals surface area contributed by atoms with Crippen LogP contribution in [0, 0.1) is 0 Å². The Morgan fingerprint density at radius 3 is 2.44 bits per heavy atom. The molecule has 0 bridgehead atoms. The van der Waals surface area contributed by atoms with E-state index in [4.69, 9.17) is 11.6 Å². The predicted molar refractivity (Wildman–Crippen MR) is 101 cm³/mol. The van der Waals surface area contributed by atoms with E-state index in [9.17, 15) is 9.59 Å².